The molecule has 0 aromatic heterocycles. The van der Waals surface area contributed by atoms with Crippen molar-refractivity contribution in [1.82, 2.24) is 4.90 Å². The Hall–Kier alpha value is -2.39. The number of aryl methyl sites for hydroxylation is 2. The number of hydrogen-bond acceptors (Lipinski definition) is 2. The van der Waals surface area contributed by atoms with Gasteiger partial charge in [-0.25, -0.2) is 0 Å². The Bertz CT molecular complexity index is 861. The summed E-state index contributed by atoms with van der Waals surface area (Å²) in [5, 5.41) is 0. The van der Waals surface area contributed by atoms with Crippen LogP contribution in [0.5, 0.6) is 0 Å². The van der Waals surface area contributed by atoms with Crippen molar-refractivity contribution < 1.29 is 4.79 Å². The second-order valence-electron chi connectivity index (χ2n) is 8.57. The van der Waals surface area contributed by atoms with Crippen LogP contribution in [0.3, 0.4) is 0 Å². The highest BCUT2D eigenvalue weighted by atomic mass is 16.2. The van der Waals surface area contributed by atoms with Crippen molar-refractivity contribution in [3.05, 3.63) is 76.4 Å². The van der Waals surface area contributed by atoms with Crippen LogP contribution in [0.2, 0.25) is 0 Å². The average molecular weight is 375 g/mol. The molecule has 0 bridgehead atoms. The third kappa shape index (κ3) is 3.64. The largest absolute Gasteiger partial charge is 0.341 e. The van der Waals surface area contributed by atoms with Gasteiger partial charge in [0, 0.05) is 13.1 Å². The molecule has 0 unspecified atom stereocenters. The van der Waals surface area contributed by atoms with E-state index in [0.29, 0.717) is 18.8 Å². The summed E-state index contributed by atoms with van der Waals surface area (Å²) in [6.45, 7) is 5.92. The fourth-order valence-corrected chi connectivity index (χ4v) is 4.73. The maximum absolute atomic E-state index is 13.1. The summed E-state index contributed by atoms with van der Waals surface area (Å²) in [5.41, 5.74) is 12.2. The smallest absolute Gasteiger partial charge is 0.243 e. The second kappa shape index (κ2) is 7.56. The van der Waals surface area contributed by atoms with Crippen LogP contribution in [-0.2, 0) is 17.6 Å². The van der Waals surface area contributed by atoms with Crippen LogP contribution >= 0.6 is 0 Å². The van der Waals surface area contributed by atoms with Gasteiger partial charge in [-0.3, -0.25) is 4.79 Å². The van der Waals surface area contributed by atoms with Crippen LogP contribution in [0, 0.1) is 19.8 Å². The summed E-state index contributed by atoms with van der Waals surface area (Å²) in [4.78, 5) is 15.1. The van der Waals surface area contributed by atoms with E-state index in [-0.39, 0.29) is 5.91 Å². The van der Waals surface area contributed by atoms with Crippen LogP contribution in [0.4, 0.5) is 0 Å². The molecule has 0 spiro atoms. The molecular formula is C25H30N2O. The number of benzene rings is 2. The molecular weight excluding hydrogens is 344 g/mol. The van der Waals surface area contributed by atoms with Gasteiger partial charge in [0.2, 0.25) is 5.91 Å². The quantitative estimate of drug-likeness (QED) is 0.881. The van der Waals surface area contributed by atoms with Crippen LogP contribution < -0.4 is 5.73 Å². The van der Waals surface area contributed by atoms with E-state index in [4.69, 9.17) is 5.73 Å². The van der Waals surface area contributed by atoms with Crippen molar-refractivity contribution in [1.29, 1.82) is 0 Å². The Kier molecular flexibility index (Phi) is 5.11. The van der Waals surface area contributed by atoms with Gasteiger partial charge in [0.15, 0.2) is 0 Å². The fourth-order valence-electron chi connectivity index (χ4n) is 4.73. The number of allylic oxidation sites excluding steroid dienone is 1. The Morgan fingerprint density at radius 3 is 2.14 bits per heavy atom. The van der Waals surface area contributed by atoms with Gasteiger partial charge in [-0.1, -0.05) is 54.6 Å². The van der Waals surface area contributed by atoms with Crippen LogP contribution in [0.1, 0.15) is 40.7 Å². The monoisotopic (exact) mass is 374 g/mol. The number of piperidine rings is 1. The van der Waals surface area contributed by atoms with E-state index in [2.05, 4.69) is 56.3 Å². The minimum Gasteiger partial charge on any atom is -0.341 e. The first-order valence-corrected chi connectivity index (χ1v) is 10.4. The van der Waals surface area contributed by atoms with E-state index < -0.39 is 5.54 Å². The average Bonchev–Trinajstić information content (AvgIpc) is 3.05. The SMILES string of the molecule is Cc1cccc(C)c1/C=C/C1CCN(C(=O)C2(N)Cc3ccccc3C2)CC1. The van der Waals surface area contributed by atoms with E-state index in [1.165, 1.54) is 27.8 Å². The van der Waals surface area contributed by atoms with E-state index in [1.54, 1.807) is 0 Å². The number of fused-ring (bicyclic) bond motifs is 1. The van der Waals surface area contributed by atoms with E-state index in [0.717, 1.165) is 25.9 Å². The van der Waals surface area contributed by atoms with Crippen molar-refractivity contribution in [2.24, 2.45) is 11.7 Å². The second-order valence-corrected chi connectivity index (χ2v) is 8.57. The van der Waals surface area contributed by atoms with Crippen LogP contribution in [0.15, 0.2) is 48.5 Å². The number of nitrogens with two attached hydrogens (primary N) is 1. The van der Waals surface area contributed by atoms with Crippen LogP contribution in [0.25, 0.3) is 6.08 Å². The highest BCUT2D eigenvalue weighted by Crippen LogP contribution is 2.31. The summed E-state index contributed by atoms with van der Waals surface area (Å²) >= 11 is 0. The molecule has 2 N–H and O–H groups in total. The molecule has 4 rings (SSSR count). The van der Waals surface area contributed by atoms with E-state index >= 15 is 0 Å². The van der Waals surface area contributed by atoms with E-state index in [1.807, 2.05) is 17.0 Å². The van der Waals surface area contributed by atoms with Crippen molar-refractivity contribution in [3.8, 4) is 0 Å². The van der Waals surface area contributed by atoms with E-state index in [9.17, 15) is 4.79 Å². The number of amides is 1. The minimum atomic E-state index is -0.759. The molecule has 1 fully saturated rings. The summed E-state index contributed by atoms with van der Waals surface area (Å²) in [7, 11) is 0. The Labute approximate surface area is 168 Å². The number of carbonyl (C=O) groups excluding carboxylic acids is 1. The maximum atomic E-state index is 13.1. The standard InChI is InChI=1S/C25H30N2O/c1-18-6-5-7-19(2)23(18)11-10-20-12-14-27(15-13-20)24(28)25(26)16-21-8-3-4-9-22(21)17-25/h3-11,20H,12-17,26H2,1-2H3/b11-10+. The molecule has 1 amide bonds. The number of nitrogens with zero attached hydrogens (tertiary/aromatic N) is 1. The highest BCUT2D eigenvalue weighted by molar-refractivity contribution is 5.88. The molecule has 3 heteroatoms. The van der Waals surface area contributed by atoms with Gasteiger partial charge in [0.05, 0.1) is 0 Å². The van der Waals surface area contributed by atoms with Crippen molar-refractivity contribution >= 4 is 12.0 Å². The molecule has 0 atom stereocenters. The lowest BCUT2D eigenvalue weighted by Crippen LogP contribution is -2.57. The van der Waals surface area contributed by atoms with Gasteiger partial charge >= 0.3 is 0 Å². The Morgan fingerprint density at radius 2 is 1.57 bits per heavy atom. The first-order chi connectivity index (χ1) is 13.5. The normalized spacial score (nSPS) is 19.2. The molecule has 0 saturated carbocycles. The number of rotatable bonds is 3. The van der Waals surface area contributed by atoms with Crippen molar-refractivity contribution in [2.75, 3.05) is 13.1 Å². The fraction of sp³-hybridized carbons (Fsp3) is 0.400. The number of carbonyl (C=O) groups is 1. The minimum absolute atomic E-state index is 0.126. The topological polar surface area (TPSA) is 46.3 Å². The van der Waals surface area contributed by atoms with Gasteiger partial charge in [0.1, 0.15) is 5.54 Å². The molecule has 146 valence electrons. The molecule has 28 heavy (non-hydrogen) atoms. The van der Waals surface area contributed by atoms with Crippen molar-refractivity contribution in [2.45, 2.75) is 45.1 Å². The predicted octanol–water partition coefficient (Wildman–Crippen LogP) is 4.05. The lowest BCUT2D eigenvalue weighted by molar-refractivity contribution is -0.137. The van der Waals surface area contributed by atoms with Gasteiger partial charge in [-0.2, -0.15) is 0 Å². The summed E-state index contributed by atoms with van der Waals surface area (Å²) in [5.74, 6) is 0.651. The van der Waals surface area contributed by atoms with Gasteiger partial charge in [-0.15, -0.1) is 0 Å². The summed E-state index contributed by atoms with van der Waals surface area (Å²) in [6, 6.07) is 14.7. The molecule has 1 aliphatic heterocycles. The summed E-state index contributed by atoms with van der Waals surface area (Å²) < 4.78 is 0. The molecule has 1 aliphatic carbocycles. The molecule has 2 aromatic rings. The Morgan fingerprint density at radius 1 is 1.00 bits per heavy atom. The molecule has 1 heterocycles. The molecule has 2 aromatic carbocycles. The lowest BCUT2D eigenvalue weighted by atomic mass is 9.90. The zero-order valence-electron chi connectivity index (χ0n) is 16.9. The zero-order valence-corrected chi connectivity index (χ0v) is 16.9. The highest BCUT2D eigenvalue weighted by Gasteiger charge is 2.43. The predicted molar refractivity (Wildman–Crippen MR) is 115 cm³/mol. The Balaban J connectivity index is 1.37. The molecule has 3 nitrogen and oxygen atoms in total. The molecule has 0 radical (unpaired) electrons. The first-order valence-electron chi connectivity index (χ1n) is 10.4. The first kappa shape index (κ1) is 18.9. The van der Waals surface area contributed by atoms with Gasteiger partial charge in [0.25, 0.3) is 0 Å². The number of hydrogen-bond donors (Lipinski definition) is 1. The van der Waals surface area contributed by atoms with Crippen LogP contribution in [-0.4, -0.2) is 29.4 Å². The van der Waals surface area contributed by atoms with Crippen molar-refractivity contribution in [3.63, 3.8) is 0 Å². The third-order valence-electron chi connectivity index (χ3n) is 6.46. The molecule has 1 saturated heterocycles. The van der Waals surface area contributed by atoms with Gasteiger partial charge in [-0.05, 0) is 73.3 Å². The maximum Gasteiger partial charge on any atom is 0.243 e. The summed E-state index contributed by atoms with van der Waals surface area (Å²) in [6.07, 6.45) is 7.95. The van der Waals surface area contributed by atoms with Gasteiger partial charge < -0.3 is 10.6 Å². The lowest BCUT2D eigenvalue weighted by Gasteiger charge is -2.36. The zero-order chi connectivity index (χ0) is 19.7. The number of likely N-dealkylation sites (tertiary alicyclic amines) is 1. The third-order valence-corrected chi connectivity index (χ3v) is 6.46. The molecule has 2 aliphatic rings.